The van der Waals surface area contributed by atoms with Gasteiger partial charge in [-0.25, -0.2) is 0 Å². The highest BCUT2D eigenvalue weighted by molar-refractivity contribution is 7.12. The second kappa shape index (κ2) is 4.15. The lowest BCUT2D eigenvalue weighted by atomic mass is 10.1. The first-order valence-corrected chi connectivity index (χ1v) is 5.77. The van der Waals surface area contributed by atoms with Crippen LogP contribution in [0.25, 0.3) is 0 Å². The molecule has 0 saturated carbocycles. The lowest BCUT2D eigenvalue weighted by molar-refractivity contribution is 0.281. The van der Waals surface area contributed by atoms with Crippen LogP contribution in [0.5, 0.6) is 0 Å². The summed E-state index contributed by atoms with van der Waals surface area (Å²) in [5, 5.41) is 0. The maximum atomic E-state index is 6.13. The molecule has 14 heavy (non-hydrogen) atoms. The molecule has 2 heterocycles. The average Bonchev–Trinajstić information content (AvgIpc) is 2.88. The van der Waals surface area contributed by atoms with Crippen molar-refractivity contribution in [3.8, 4) is 0 Å². The molecule has 0 spiro atoms. The summed E-state index contributed by atoms with van der Waals surface area (Å²) >= 11 is 1.81. The van der Waals surface area contributed by atoms with Crippen LogP contribution in [0, 0.1) is 0 Å². The van der Waals surface area contributed by atoms with Gasteiger partial charge in [0.05, 0.1) is 18.9 Å². The van der Waals surface area contributed by atoms with Crippen molar-refractivity contribution in [1.29, 1.82) is 0 Å². The van der Waals surface area contributed by atoms with Crippen molar-refractivity contribution >= 4 is 11.3 Å². The minimum Gasteiger partial charge on any atom is -0.501 e. The van der Waals surface area contributed by atoms with Gasteiger partial charge >= 0.3 is 0 Å². The van der Waals surface area contributed by atoms with Gasteiger partial charge in [-0.2, -0.15) is 0 Å². The van der Waals surface area contributed by atoms with Crippen LogP contribution in [-0.2, 0) is 11.2 Å². The average molecular weight is 209 g/mol. The van der Waals surface area contributed by atoms with Crippen LogP contribution in [-0.4, -0.2) is 6.61 Å². The highest BCUT2D eigenvalue weighted by Gasteiger charge is 2.17. The van der Waals surface area contributed by atoms with E-state index in [2.05, 4.69) is 19.1 Å². The Kier molecular flexibility index (Phi) is 2.89. The van der Waals surface area contributed by atoms with Crippen LogP contribution in [0.4, 0.5) is 0 Å². The molecule has 0 aliphatic carbocycles. The summed E-state index contributed by atoms with van der Waals surface area (Å²) in [5.74, 6) is 0. The van der Waals surface area contributed by atoms with E-state index in [-0.39, 0.29) is 6.04 Å². The molecule has 0 fully saturated rings. The van der Waals surface area contributed by atoms with Crippen molar-refractivity contribution in [2.75, 3.05) is 6.61 Å². The van der Waals surface area contributed by atoms with Crippen molar-refractivity contribution in [3.05, 3.63) is 33.7 Å². The maximum absolute atomic E-state index is 6.13. The fraction of sp³-hybridized carbons (Fsp3) is 0.455. The zero-order valence-electron chi connectivity index (χ0n) is 8.32. The summed E-state index contributed by atoms with van der Waals surface area (Å²) in [4.78, 5) is 2.65. The van der Waals surface area contributed by atoms with E-state index in [1.807, 2.05) is 6.26 Å². The number of nitrogens with two attached hydrogens (primary N) is 1. The lowest BCUT2D eigenvalue weighted by Gasteiger charge is -2.08. The van der Waals surface area contributed by atoms with E-state index >= 15 is 0 Å². The predicted octanol–water partition coefficient (Wildman–Crippen LogP) is 2.61. The Bertz CT molecular complexity index is 343. The van der Waals surface area contributed by atoms with Gasteiger partial charge in [0.1, 0.15) is 0 Å². The number of ether oxygens (including phenoxy) is 1. The van der Waals surface area contributed by atoms with E-state index < -0.39 is 0 Å². The molecule has 0 bridgehead atoms. The third-order valence-electron chi connectivity index (χ3n) is 2.48. The summed E-state index contributed by atoms with van der Waals surface area (Å²) in [6, 6.07) is 4.34. The van der Waals surface area contributed by atoms with Gasteiger partial charge in [0.15, 0.2) is 0 Å². The lowest BCUT2D eigenvalue weighted by Crippen LogP contribution is -2.10. The zero-order valence-corrected chi connectivity index (χ0v) is 9.14. The summed E-state index contributed by atoms with van der Waals surface area (Å²) in [6.07, 6.45) is 3.88. The monoisotopic (exact) mass is 209 g/mol. The van der Waals surface area contributed by atoms with Gasteiger partial charge in [-0.05, 0) is 24.1 Å². The molecular weight excluding hydrogens is 194 g/mol. The van der Waals surface area contributed by atoms with Crippen molar-refractivity contribution in [2.24, 2.45) is 5.73 Å². The standard InChI is InChI=1S/C11H15NOS/c1-2-9-3-4-10(14-9)11(12)8-5-6-13-7-8/h3-4,7,11H,2,5-6,12H2,1H3. The minimum atomic E-state index is 0.0443. The molecule has 0 aromatic carbocycles. The third-order valence-corrected chi connectivity index (χ3v) is 3.79. The quantitative estimate of drug-likeness (QED) is 0.830. The maximum Gasteiger partial charge on any atom is 0.0912 e. The van der Waals surface area contributed by atoms with Crippen molar-refractivity contribution in [1.82, 2.24) is 0 Å². The van der Waals surface area contributed by atoms with Gasteiger partial charge < -0.3 is 10.5 Å². The van der Waals surface area contributed by atoms with Gasteiger partial charge in [-0.3, -0.25) is 0 Å². The molecule has 2 N–H and O–H groups in total. The van der Waals surface area contributed by atoms with Crippen LogP contribution in [0.3, 0.4) is 0 Å². The highest BCUT2D eigenvalue weighted by atomic mass is 32.1. The molecule has 1 aromatic rings. The Morgan fingerprint density at radius 3 is 3.00 bits per heavy atom. The number of aryl methyl sites for hydroxylation is 1. The first kappa shape index (κ1) is 9.74. The van der Waals surface area contributed by atoms with Gasteiger partial charge in [0.2, 0.25) is 0 Å². The molecule has 76 valence electrons. The molecule has 0 radical (unpaired) electrons. The molecule has 1 aliphatic rings. The van der Waals surface area contributed by atoms with Crippen LogP contribution in [0.15, 0.2) is 24.0 Å². The fourth-order valence-corrected chi connectivity index (χ4v) is 2.56. The first-order valence-electron chi connectivity index (χ1n) is 4.96. The summed E-state index contributed by atoms with van der Waals surface area (Å²) < 4.78 is 5.20. The first-order chi connectivity index (χ1) is 6.81. The van der Waals surface area contributed by atoms with Crippen LogP contribution >= 0.6 is 11.3 Å². The topological polar surface area (TPSA) is 35.2 Å². The minimum absolute atomic E-state index is 0.0443. The third kappa shape index (κ3) is 1.83. The number of hydrogen-bond acceptors (Lipinski definition) is 3. The Morgan fingerprint density at radius 1 is 1.57 bits per heavy atom. The SMILES string of the molecule is CCc1ccc(C(N)C2=COCC2)s1. The van der Waals surface area contributed by atoms with Gasteiger partial charge in [0, 0.05) is 16.2 Å². The van der Waals surface area contributed by atoms with E-state index in [1.165, 1.54) is 15.3 Å². The summed E-state index contributed by atoms with van der Waals surface area (Å²) in [7, 11) is 0. The Labute approximate surface area is 88.4 Å². The van der Waals surface area contributed by atoms with E-state index in [1.54, 1.807) is 11.3 Å². The van der Waals surface area contributed by atoms with Crippen LogP contribution in [0.1, 0.15) is 29.1 Å². The Hall–Kier alpha value is -0.800. The second-order valence-electron chi connectivity index (χ2n) is 3.45. The predicted molar refractivity (Wildman–Crippen MR) is 59.3 cm³/mol. The van der Waals surface area contributed by atoms with E-state index in [4.69, 9.17) is 10.5 Å². The number of hydrogen-bond donors (Lipinski definition) is 1. The largest absolute Gasteiger partial charge is 0.501 e. The molecule has 0 amide bonds. The Balaban J connectivity index is 2.13. The number of rotatable bonds is 3. The van der Waals surface area contributed by atoms with E-state index in [0.29, 0.717) is 0 Å². The van der Waals surface area contributed by atoms with Gasteiger partial charge in [-0.1, -0.05) is 6.92 Å². The smallest absolute Gasteiger partial charge is 0.0912 e. The zero-order chi connectivity index (χ0) is 9.97. The molecule has 2 nitrogen and oxygen atoms in total. The molecule has 3 heteroatoms. The fourth-order valence-electron chi connectivity index (χ4n) is 1.56. The van der Waals surface area contributed by atoms with Crippen molar-refractivity contribution in [3.63, 3.8) is 0 Å². The van der Waals surface area contributed by atoms with Crippen LogP contribution in [0.2, 0.25) is 0 Å². The summed E-state index contributed by atoms with van der Waals surface area (Å²) in [5.41, 5.74) is 7.35. The van der Waals surface area contributed by atoms with Crippen LogP contribution < -0.4 is 5.73 Å². The van der Waals surface area contributed by atoms with E-state index in [9.17, 15) is 0 Å². The Morgan fingerprint density at radius 2 is 2.43 bits per heavy atom. The summed E-state index contributed by atoms with van der Waals surface area (Å²) in [6.45, 7) is 2.95. The molecule has 1 atom stereocenters. The molecule has 1 unspecified atom stereocenters. The molecule has 2 rings (SSSR count). The highest BCUT2D eigenvalue weighted by Crippen LogP contribution is 2.30. The molecular formula is C11H15NOS. The van der Waals surface area contributed by atoms with Gasteiger partial charge in [-0.15, -0.1) is 11.3 Å². The molecule has 1 aromatic heterocycles. The molecule has 1 aliphatic heterocycles. The second-order valence-corrected chi connectivity index (χ2v) is 4.65. The molecule has 0 saturated heterocycles. The number of thiophene rings is 1. The normalized spacial score (nSPS) is 17.7. The van der Waals surface area contributed by atoms with E-state index in [0.717, 1.165) is 19.4 Å². The van der Waals surface area contributed by atoms with Crippen molar-refractivity contribution < 1.29 is 4.74 Å². The van der Waals surface area contributed by atoms with Crippen molar-refractivity contribution in [2.45, 2.75) is 25.8 Å². The van der Waals surface area contributed by atoms with Gasteiger partial charge in [0.25, 0.3) is 0 Å².